The van der Waals surface area contributed by atoms with E-state index in [0.29, 0.717) is 12.8 Å². The number of ketones is 1. The van der Waals surface area contributed by atoms with E-state index in [1.165, 1.54) is 12.1 Å². The summed E-state index contributed by atoms with van der Waals surface area (Å²) in [6, 6.07) is 13.9. The van der Waals surface area contributed by atoms with Crippen LogP contribution in [0.15, 0.2) is 48.5 Å². The Hall–Kier alpha value is -2.16. The van der Waals surface area contributed by atoms with Crippen molar-refractivity contribution in [2.75, 3.05) is 5.32 Å². The molecule has 0 bridgehead atoms. The molecule has 96 valence electrons. The number of Topliss-reactive ketones (excluding diaryl/α,β-unsaturated/α-hetero) is 1. The second-order valence-corrected chi connectivity index (χ2v) is 4.83. The summed E-state index contributed by atoms with van der Waals surface area (Å²) in [4.78, 5) is 12.1. The number of benzene rings is 2. The summed E-state index contributed by atoms with van der Waals surface area (Å²) in [5.74, 6) is -0.0694. The number of carbonyl (C=O) groups excluding carboxylic acids is 1. The Balaban J connectivity index is 1.79. The van der Waals surface area contributed by atoms with Gasteiger partial charge >= 0.3 is 0 Å². The van der Waals surface area contributed by atoms with Crippen LogP contribution in [0.5, 0.6) is 0 Å². The molecule has 0 unspecified atom stereocenters. The maximum Gasteiger partial charge on any atom is 0.159 e. The summed E-state index contributed by atoms with van der Waals surface area (Å²) >= 11 is 0. The minimum atomic E-state index is -0.253. The summed E-state index contributed by atoms with van der Waals surface area (Å²) in [6.07, 6.45) is 1.06. The van der Waals surface area contributed by atoms with Crippen LogP contribution in [0.4, 0.5) is 10.1 Å². The summed E-state index contributed by atoms with van der Waals surface area (Å²) in [5, 5.41) is 3.27. The van der Waals surface area contributed by atoms with Crippen LogP contribution in [-0.2, 0) is 17.6 Å². The molecular weight excluding hydrogens is 241 g/mol. The summed E-state index contributed by atoms with van der Waals surface area (Å²) in [5.41, 5.74) is 3.03. The average Bonchev–Trinajstić information content (AvgIpc) is 2.42. The fraction of sp³-hybridized carbons (Fsp3) is 0.188. The number of fused-ring (bicyclic) bond motifs is 1. The Bertz CT molecular complexity index is 606. The normalized spacial score (nSPS) is 17.7. The predicted molar refractivity (Wildman–Crippen MR) is 72.7 cm³/mol. The molecule has 0 aliphatic carbocycles. The molecule has 1 atom stereocenters. The number of halogens is 1. The first-order chi connectivity index (χ1) is 9.22. The fourth-order valence-electron chi connectivity index (χ4n) is 2.42. The van der Waals surface area contributed by atoms with Gasteiger partial charge in [0.15, 0.2) is 5.78 Å². The molecule has 2 aromatic rings. The molecule has 2 aromatic carbocycles. The van der Waals surface area contributed by atoms with Crippen molar-refractivity contribution in [3.8, 4) is 0 Å². The number of hydrogen-bond donors (Lipinski definition) is 1. The van der Waals surface area contributed by atoms with Crippen molar-refractivity contribution in [3.05, 3.63) is 65.5 Å². The molecule has 1 N–H and O–H groups in total. The molecule has 0 radical (unpaired) electrons. The Morgan fingerprint density at radius 3 is 2.63 bits per heavy atom. The lowest BCUT2D eigenvalue weighted by molar-refractivity contribution is -0.119. The number of rotatable bonds is 2. The SMILES string of the molecule is O=C1Cc2ccccc2N[C@H]1Cc1ccc(F)cc1. The van der Waals surface area contributed by atoms with E-state index >= 15 is 0 Å². The molecule has 19 heavy (non-hydrogen) atoms. The molecule has 0 amide bonds. The molecule has 2 nitrogen and oxygen atoms in total. The second kappa shape index (κ2) is 4.84. The molecule has 1 aliphatic rings. The van der Waals surface area contributed by atoms with Gasteiger partial charge in [-0.05, 0) is 35.7 Å². The Morgan fingerprint density at radius 2 is 1.84 bits per heavy atom. The number of anilines is 1. The topological polar surface area (TPSA) is 29.1 Å². The van der Waals surface area contributed by atoms with Gasteiger partial charge in [-0.3, -0.25) is 4.79 Å². The van der Waals surface area contributed by atoms with Gasteiger partial charge < -0.3 is 5.32 Å². The van der Waals surface area contributed by atoms with E-state index in [-0.39, 0.29) is 17.6 Å². The van der Waals surface area contributed by atoms with Crippen molar-refractivity contribution in [1.29, 1.82) is 0 Å². The third-order valence-electron chi connectivity index (χ3n) is 3.45. The minimum absolute atomic E-state index is 0.183. The standard InChI is InChI=1S/C16H14FNO/c17-13-7-5-11(6-8-13)9-15-16(19)10-12-3-1-2-4-14(12)18-15/h1-8,15,18H,9-10H2/t15-/m0/s1. The molecule has 0 saturated heterocycles. The van der Waals surface area contributed by atoms with Gasteiger partial charge in [0.05, 0.1) is 6.04 Å². The Morgan fingerprint density at radius 1 is 1.11 bits per heavy atom. The average molecular weight is 255 g/mol. The number of hydrogen-bond acceptors (Lipinski definition) is 2. The smallest absolute Gasteiger partial charge is 0.159 e. The molecule has 0 aromatic heterocycles. The zero-order chi connectivity index (χ0) is 13.2. The predicted octanol–water partition coefficient (Wildman–Crippen LogP) is 2.97. The summed E-state index contributed by atoms with van der Waals surface area (Å²) in [6.45, 7) is 0. The molecule has 0 fully saturated rings. The monoisotopic (exact) mass is 255 g/mol. The summed E-state index contributed by atoms with van der Waals surface area (Å²) < 4.78 is 12.9. The van der Waals surface area contributed by atoms with E-state index in [1.54, 1.807) is 12.1 Å². The van der Waals surface area contributed by atoms with Gasteiger partial charge in [-0.2, -0.15) is 0 Å². The van der Waals surface area contributed by atoms with Crippen molar-refractivity contribution in [3.63, 3.8) is 0 Å². The minimum Gasteiger partial charge on any atom is -0.375 e. The zero-order valence-electron chi connectivity index (χ0n) is 10.4. The van der Waals surface area contributed by atoms with Crippen LogP contribution in [0, 0.1) is 5.82 Å². The Labute approximate surface area is 111 Å². The first-order valence-electron chi connectivity index (χ1n) is 6.34. The van der Waals surface area contributed by atoms with Crippen molar-refractivity contribution in [2.45, 2.75) is 18.9 Å². The van der Waals surface area contributed by atoms with Gasteiger partial charge in [0.2, 0.25) is 0 Å². The summed E-state index contributed by atoms with van der Waals surface area (Å²) in [7, 11) is 0. The van der Waals surface area contributed by atoms with E-state index in [1.807, 2.05) is 24.3 Å². The molecule has 3 heteroatoms. The fourth-order valence-corrected chi connectivity index (χ4v) is 2.42. The van der Waals surface area contributed by atoms with Crippen LogP contribution in [0.1, 0.15) is 11.1 Å². The molecule has 0 spiro atoms. The molecule has 3 rings (SSSR count). The largest absolute Gasteiger partial charge is 0.375 e. The van der Waals surface area contributed by atoms with E-state index in [0.717, 1.165) is 16.8 Å². The van der Waals surface area contributed by atoms with E-state index in [9.17, 15) is 9.18 Å². The highest BCUT2D eigenvalue weighted by Gasteiger charge is 2.25. The highest BCUT2D eigenvalue weighted by atomic mass is 19.1. The van der Waals surface area contributed by atoms with Crippen molar-refractivity contribution in [1.82, 2.24) is 0 Å². The lowest BCUT2D eigenvalue weighted by Gasteiger charge is -2.26. The molecule has 0 saturated carbocycles. The number of carbonyl (C=O) groups is 1. The Kier molecular flexibility index (Phi) is 3.03. The lowest BCUT2D eigenvalue weighted by Crippen LogP contribution is -2.37. The number of para-hydroxylation sites is 1. The van der Waals surface area contributed by atoms with Crippen LogP contribution in [-0.4, -0.2) is 11.8 Å². The van der Waals surface area contributed by atoms with Gasteiger partial charge in [-0.25, -0.2) is 4.39 Å². The van der Waals surface area contributed by atoms with Crippen LogP contribution in [0.3, 0.4) is 0 Å². The lowest BCUT2D eigenvalue weighted by atomic mass is 9.93. The van der Waals surface area contributed by atoms with Crippen molar-refractivity contribution >= 4 is 11.5 Å². The quantitative estimate of drug-likeness (QED) is 0.893. The first kappa shape index (κ1) is 11.9. The van der Waals surface area contributed by atoms with E-state index < -0.39 is 0 Å². The third kappa shape index (κ3) is 2.50. The maximum atomic E-state index is 12.9. The molecule has 1 aliphatic heterocycles. The van der Waals surface area contributed by atoms with Crippen molar-refractivity contribution in [2.24, 2.45) is 0 Å². The maximum absolute atomic E-state index is 12.9. The molecular formula is C16H14FNO. The number of nitrogens with one attached hydrogen (secondary N) is 1. The highest BCUT2D eigenvalue weighted by molar-refractivity contribution is 5.92. The van der Waals surface area contributed by atoms with Crippen LogP contribution in [0.2, 0.25) is 0 Å². The van der Waals surface area contributed by atoms with Gasteiger partial charge in [0, 0.05) is 12.1 Å². The highest BCUT2D eigenvalue weighted by Crippen LogP contribution is 2.24. The zero-order valence-corrected chi connectivity index (χ0v) is 10.4. The van der Waals surface area contributed by atoms with Crippen molar-refractivity contribution < 1.29 is 9.18 Å². The first-order valence-corrected chi connectivity index (χ1v) is 6.34. The van der Waals surface area contributed by atoms with Crippen LogP contribution in [0.25, 0.3) is 0 Å². The molecule has 1 heterocycles. The van der Waals surface area contributed by atoms with Crippen LogP contribution < -0.4 is 5.32 Å². The van der Waals surface area contributed by atoms with Crippen LogP contribution >= 0.6 is 0 Å². The van der Waals surface area contributed by atoms with Gasteiger partial charge in [-0.1, -0.05) is 30.3 Å². The third-order valence-corrected chi connectivity index (χ3v) is 3.45. The second-order valence-electron chi connectivity index (χ2n) is 4.83. The van der Waals surface area contributed by atoms with Gasteiger partial charge in [-0.15, -0.1) is 0 Å². The van der Waals surface area contributed by atoms with Gasteiger partial charge in [0.25, 0.3) is 0 Å². The van der Waals surface area contributed by atoms with E-state index in [2.05, 4.69) is 5.32 Å². The van der Waals surface area contributed by atoms with Gasteiger partial charge in [0.1, 0.15) is 5.82 Å². The van der Waals surface area contributed by atoms with E-state index in [4.69, 9.17) is 0 Å².